The molecule has 0 amide bonds. The zero-order valence-electron chi connectivity index (χ0n) is 29.1. The lowest BCUT2D eigenvalue weighted by atomic mass is 9.75. The standard InChI is InChI=1S/C47H44N2/c1-34(2)30-46(47(3,4)5)35-20-23-42(24-21-35)48(40-16-8-6-9-17-40)43-26-28-44(29-27-43)49(41-18-10-7-11-19-41)45-25-22-38-31-36-14-12-13-15-37(36)32-39(38)33-45/h6-33,46H,1-5H3. The van der Waals surface area contributed by atoms with Crippen LogP contribution in [0.3, 0.4) is 0 Å². The maximum atomic E-state index is 2.40. The lowest BCUT2D eigenvalue weighted by molar-refractivity contribution is 0.365. The lowest BCUT2D eigenvalue weighted by Crippen LogP contribution is -2.17. The summed E-state index contributed by atoms with van der Waals surface area (Å²) in [7, 11) is 0. The second-order valence-corrected chi connectivity index (χ2v) is 14.3. The highest BCUT2D eigenvalue weighted by Gasteiger charge is 2.25. The number of rotatable bonds is 8. The van der Waals surface area contributed by atoms with Gasteiger partial charge in [-0.05, 0) is 131 Å². The van der Waals surface area contributed by atoms with Crippen LogP contribution in [0.15, 0.2) is 175 Å². The van der Waals surface area contributed by atoms with Crippen molar-refractivity contribution in [3.63, 3.8) is 0 Å². The summed E-state index contributed by atoms with van der Waals surface area (Å²) in [6, 6.07) is 59.3. The fourth-order valence-electron chi connectivity index (χ4n) is 6.88. The molecule has 1 atom stereocenters. The second-order valence-electron chi connectivity index (χ2n) is 14.3. The Kier molecular flexibility index (Phi) is 8.80. The van der Waals surface area contributed by atoms with Gasteiger partial charge in [0.05, 0.1) is 0 Å². The van der Waals surface area contributed by atoms with Crippen LogP contribution in [-0.4, -0.2) is 0 Å². The largest absolute Gasteiger partial charge is 0.311 e. The smallest absolute Gasteiger partial charge is 0.0468 e. The van der Waals surface area contributed by atoms with Gasteiger partial charge in [0.1, 0.15) is 0 Å². The van der Waals surface area contributed by atoms with E-state index in [4.69, 9.17) is 0 Å². The van der Waals surface area contributed by atoms with Gasteiger partial charge in [0.2, 0.25) is 0 Å². The highest BCUT2D eigenvalue weighted by molar-refractivity contribution is 6.00. The van der Waals surface area contributed by atoms with Crippen molar-refractivity contribution in [3.05, 3.63) is 181 Å². The maximum absolute atomic E-state index is 2.40. The van der Waals surface area contributed by atoms with Crippen LogP contribution >= 0.6 is 0 Å². The molecule has 49 heavy (non-hydrogen) atoms. The van der Waals surface area contributed by atoms with Gasteiger partial charge in [0, 0.05) is 40.0 Å². The van der Waals surface area contributed by atoms with Crippen molar-refractivity contribution in [1.82, 2.24) is 0 Å². The number of allylic oxidation sites excluding steroid dienone is 2. The Morgan fingerprint density at radius 1 is 0.429 bits per heavy atom. The molecule has 0 fully saturated rings. The number of hydrogen-bond acceptors (Lipinski definition) is 2. The zero-order valence-corrected chi connectivity index (χ0v) is 29.1. The summed E-state index contributed by atoms with van der Waals surface area (Å²) in [6.07, 6.45) is 2.40. The Labute approximate surface area is 291 Å². The van der Waals surface area contributed by atoms with Crippen molar-refractivity contribution in [3.8, 4) is 0 Å². The summed E-state index contributed by atoms with van der Waals surface area (Å²) in [5.41, 5.74) is 9.52. The molecule has 0 saturated carbocycles. The Morgan fingerprint density at radius 3 is 1.31 bits per heavy atom. The van der Waals surface area contributed by atoms with Crippen LogP contribution in [0, 0.1) is 5.41 Å². The predicted octanol–water partition coefficient (Wildman–Crippen LogP) is 14.0. The van der Waals surface area contributed by atoms with Crippen molar-refractivity contribution in [2.24, 2.45) is 5.41 Å². The molecular formula is C47H44N2. The Morgan fingerprint density at radius 2 is 0.816 bits per heavy atom. The van der Waals surface area contributed by atoms with Crippen LogP contribution < -0.4 is 9.80 Å². The molecule has 7 aromatic carbocycles. The first-order valence-electron chi connectivity index (χ1n) is 17.2. The van der Waals surface area contributed by atoms with Crippen LogP contribution in [-0.2, 0) is 0 Å². The molecule has 2 heteroatoms. The van der Waals surface area contributed by atoms with Gasteiger partial charge >= 0.3 is 0 Å². The highest BCUT2D eigenvalue weighted by Crippen LogP contribution is 2.42. The van der Waals surface area contributed by atoms with Crippen molar-refractivity contribution >= 4 is 55.7 Å². The second kappa shape index (κ2) is 13.5. The number of nitrogens with zero attached hydrogens (tertiary/aromatic N) is 2. The highest BCUT2D eigenvalue weighted by atomic mass is 15.2. The molecule has 0 spiro atoms. The van der Waals surface area contributed by atoms with Gasteiger partial charge in [-0.15, -0.1) is 0 Å². The maximum Gasteiger partial charge on any atom is 0.0468 e. The van der Waals surface area contributed by atoms with Gasteiger partial charge in [-0.2, -0.15) is 0 Å². The quantitative estimate of drug-likeness (QED) is 0.121. The van der Waals surface area contributed by atoms with E-state index in [9.17, 15) is 0 Å². The third-order valence-electron chi connectivity index (χ3n) is 9.28. The van der Waals surface area contributed by atoms with E-state index in [1.165, 1.54) is 32.7 Å². The van der Waals surface area contributed by atoms with E-state index in [0.29, 0.717) is 5.92 Å². The average Bonchev–Trinajstić information content (AvgIpc) is 3.11. The van der Waals surface area contributed by atoms with Gasteiger partial charge < -0.3 is 9.80 Å². The van der Waals surface area contributed by atoms with Gasteiger partial charge in [-0.1, -0.05) is 111 Å². The third kappa shape index (κ3) is 6.87. The fraction of sp³-hybridized carbons (Fsp3) is 0.149. The van der Waals surface area contributed by atoms with E-state index in [0.717, 1.165) is 34.1 Å². The van der Waals surface area contributed by atoms with Crippen LogP contribution in [0.5, 0.6) is 0 Å². The molecule has 1 unspecified atom stereocenters. The first kappa shape index (κ1) is 32.0. The predicted molar refractivity (Wildman–Crippen MR) is 212 cm³/mol. The van der Waals surface area contributed by atoms with Crippen LogP contribution in [0.25, 0.3) is 21.5 Å². The van der Waals surface area contributed by atoms with Crippen LogP contribution in [0.1, 0.15) is 46.1 Å². The van der Waals surface area contributed by atoms with E-state index in [1.807, 2.05) is 0 Å². The third-order valence-corrected chi connectivity index (χ3v) is 9.28. The molecular weight excluding hydrogens is 593 g/mol. The fourth-order valence-corrected chi connectivity index (χ4v) is 6.88. The molecule has 0 aliphatic rings. The number of fused-ring (bicyclic) bond motifs is 2. The molecule has 7 rings (SSSR count). The normalized spacial score (nSPS) is 12.1. The van der Waals surface area contributed by atoms with E-state index in [2.05, 4.69) is 214 Å². The van der Waals surface area contributed by atoms with Crippen molar-refractivity contribution in [2.45, 2.75) is 40.5 Å². The van der Waals surface area contributed by atoms with Gasteiger partial charge in [-0.3, -0.25) is 0 Å². The zero-order chi connectivity index (χ0) is 34.0. The summed E-state index contributed by atoms with van der Waals surface area (Å²) in [5.74, 6) is 0.341. The van der Waals surface area contributed by atoms with E-state index in [-0.39, 0.29) is 5.41 Å². The molecule has 0 aliphatic heterocycles. The SMILES string of the molecule is CC(C)=CC(c1ccc(N(c2ccccc2)c2ccc(N(c3ccccc3)c3ccc4cc5ccccc5cc4c3)cc2)cc1)C(C)(C)C. The number of para-hydroxylation sites is 2. The summed E-state index contributed by atoms with van der Waals surface area (Å²) >= 11 is 0. The number of anilines is 6. The van der Waals surface area contributed by atoms with Crippen molar-refractivity contribution in [1.29, 1.82) is 0 Å². The van der Waals surface area contributed by atoms with Gasteiger partial charge in [0.25, 0.3) is 0 Å². The monoisotopic (exact) mass is 636 g/mol. The molecule has 7 aromatic rings. The van der Waals surface area contributed by atoms with Crippen LogP contribution in [0.2, 0.25) is 0 Å². The molecule has 0 N–H and O–H groups in total. The molecule has 0 aromatic heterocycles. The van der Waals surface area contributed by atoms with Crippen LogP contribution in [0.4, 0.5) is 34.1 Å². The van der Waals surface area contributed by atoms with Crippen molar-refractivity contribution < 1.29 is 0 Å². The number of benzene rings is 7. The summed E-state index contributed by atoms with van der Waals surface area (Å²) < 4.78 is 0. The summed E-state index contributed by atoms with van der Waals surface area (Å²) in [4.78, 5) is 4.69. The van der Waals surface area contributed by atoms with E-state index < -0.39 is 0 Å². The molecule has 242 valence electrons. The molecule has 0 bridgehead atoms. The first-order valence-corrected chi connectivity index (χ1v) is 17.2. The average molecular weight is 637 g/mol. The Hall–Kier alpha value is -5.60. The minimum atomic E-state index is 0.122. The molecule has 0 heterocycles. The number of hydrogen-bond donors (Lipinski definition) is 0. The minimum Gasteiger partial charge on any atom is -0.311 e. The van der Waals surface area contributed by atoms with Gasteiger partial charge in [-0.25, -0.2) is 0 Å². The topological polar surface area (TPSA) is 6.48 Å². The van der Waals surface area contributed by atoms with E-state index >= 15 is 0 Å². The summed E-state index contributed by atoms with van der Waals surface area (Å²) in [5, 5.41) is 4.98. The Balaban J connectivity index is 1.28. The van der Waals surface area contributed by atoms with Gasteiger partial charge in [0.15, 0.2) is 0 Å². The Bertz CT molecular complexity index is 2200. The van der Waals surface area contributed by atoms with Crippen molar-refractivity contribution in [2.75, 3.05) is 9.80 Å². The lowest BCUT2D eigenvalue weighted by Gasteiger charge is -2.31. The first-order chi connectivity index (χ1) is 23.7. The summed E-state index contributed by atoms with van der Waals surface area (Å²) in [6.45, 7) is 11.3. The molecule has 0 radical (unpaired) electrons. The minimum absolute atomic E-state index is 0.122. The molecule has 0 aliphatic carbocycles. The van der Waals surface area contributed by atoms with E-state index in [1.54, 1.807) is 0 Å². The molecule has 2 nitrogen and oxygen atoms in total. The molecule has 0 saturated heterocycles.